The van der Waals surface area contributed by atoms with Gasteiger partial charge in [0.25, 0.3) is 5.88 Å². The first-order chi connectivity index (χ1) is 14.2. The Balaban J connectivity index is 1.97. The van der Waals surface area contributed by atoms with Gasteiger partial charge in [0.15, 0.2) is 37.9 Å². The van der Waals surface area contributed by atoms with Crippen molar-refractivity contribution in [3.05, 3.63) is 66.0 Å². The minimum absolute atomic E-state index is 0.0637. The van der Waals surface area contributed by atoms with Crippen molar-refractivity contribution in [2.24, 2.45) is 0 Å². The Morgan fingerprint density at radius 2 is 1.77 bits per heavy atom. The van der Waals surface area contributed by atoms with Gasteiger partial charge in [0.2, 0.25) is 5.75 Å². The van der Waals surface area contributed by atoms with Gasteiger partial charge in [-0.25, -0.2) is 32.0 Å². The minimum Gasteiger partial charge on any atom is -0.477 e. The van der Waals surface area contributed by atoms with Crippen LogP contribution >= 0.6 is 0 Å². The highest BCUT2D eigenvalue weighted by Crippen LogP contribution is 2.35. The summed E-state index contributed by atoms with van der Waals surface area (Å²) in [4.78, 5) is 18.7. The second-order valence-electron chi connectivity index (χ2n) is 5.80. The predicted octanol–water partition coefficient (Wildman–Crippen LogP) is 3.83. The summed E-state index contributed by atoms with van der Waals surface area (Å²) in [6.07, 6.45) is 1.13. The van der Waals surface area contributed by atoms with E-state index in [1.54, 1.807) is 0 Å². The summed E-state index contributed by atoms with van der Waals surface area (Å²) in [7, 11) is -3.51. The second-order valence-corrected chi connectivity index (χ2v) is 8.02. The largest absolute Gasteiger partial charge is 0.477 e. The minimum atomic E-state index is -3.51. The zero-order valence-electron chi connectivity index (χ0n) is 15.4. The van der Waals surface area contributed by atoms with Crippen molar-refractivity contribution >= 4 is 15.8 Å². The number of nitrogens with zero attached hydrogens (tertiary/aromatic N) is 2. The molecule has 3 aromatic rings. The lowest BCUT2D eigenvalue weighted by molar-refractivity contribution is 0.0689. The lowest BCUT2D eigenvalue weighted by Gasteiger charge is -2.13. The molecule has 0 unspecified atom stereocenters. The molecule has 1 N–H and O–H groups in total. The summed E-state index contributed by atoms with van der Waals surface area (Å²) in [5.41, 5.74) is -0.448. The molecular weight excluding hydrogens is 422 g/mol. The molecule has 0 bridgehead atoms. The fraction of sp³-hybridized carbons (Fsp3) is 0.105. The Kier molecular flexibility index (Phi) is 5.92. The zero-order valence-corrected chi connectivity index (χ0v) is 16.2. The second kappa shape index (κ2) is 8.41. The van der Waals surface area contributed by atoms with E-state index in [-0.39, 0.29) is 22.3 Å². The van der Waals surface area contributed by atoms with Crippen LogP contribution in [-0.2, 0) is 9.84 Å². The molecule has 2 aromatic heterocycles. The molecule has 0 amide bonds. The number of carboxylic acid groups (broad SMARTS) is 1. The van der Waals surface area contributed by atoms with Crippen LogP contribution < -0.4 is 9.47 Å². The number of benzene rings is 1. The average Bonchev–Trinajstić information content (AvgIpc) is 2.72. The summed E-state index contributed by atoms with van der Waals surface area (Å²) < 4.78 is 62.2. The Hall–Kier alpha value is -3.60. The number of para-hydroxylation sites is 1. The van der Waals surface area contributed by atoms with Crippen molar-refractivity contribution in [3.8, 4) is 23.1 Å². The zero-order chi connectivity index (χ0) is 21.9. The van der Waals surface area contributed by atoms with Gasteiger partial charge in [0.05, 0.1) is 11.9 Å². The van der Waals surface area contributed by atoms with Gasteiger partial charge in [-0.3, -0.25) is 0 Å². The number of aromatic carboxylic acids is 1. The summed E-state index contributed by atoms with van der Waals surface area (Å²) >= 11 is 0. The number of hydrogen-bond donors (Lipinski definition) is 1. The Labute approximate surface area is 169 Å². The molecule has 0 spiro atoms. The van der Waals surface area contributed by atoms with Crippen molar-refractivity contribution in [2.45, 2.75) is 11.9 Å². The van der Waals surface area contributed by atoms with Gasteiger partial charge in [-0.2, -0.15) is 0 Å². The monoisotopic (exact) mass is 436 g/mol. The average molecular weight is 436 g/mol. The molecule has 30 heavy (non-hydrogen) atoms. The van der Waals surface area contributed by atoms with Gasteiger partial charge >= 0.3 is 5.97 Å². The molecule has 0 saturated heterocycles. The molecule has 0 atom stereocenters. The third-order valence-electron chi connectivity index (χ3n) is 3.80. The standard InChI is InChI=1S/C19H14F2N2O6S/c1-2-30(26,27)16-9-6-11(10-22-16)28-15-8-7-14(19(24)25)23-18(15)29-17-12(20)4-3-5-13(17)21/h3-10H,2H2,1H3,(H,24,25). The van der Waals surface area contributed by atoms with Crippen LogP contribution in [-0.4, -0.2) is 35.2 Å². The van der Waals surface area contributed by atoms with Crippen LogP contribution in [0.4, 0.5) is 8.78 Å². The van der Waals surface area contributed by atoms with E-state index in [2.05, 4.69) is 9.97 Å². The van der Waals surface area contributed by atoms with Crippen molar-refractivity contribution in [2.75, 3.05) is 5.75 Å². The van der Waals surface area contributed by atoms with Crippen molar-refractivity contribution in [1.82, 2.24) is 9.97 Å². The summed E-state index contributed by atoms with van der Waals surface area (Å²) in [6, 6.07) is 7.87. The van der Waals surface area contributed by atoms with Gasteiger partial charge in [-0.15, -0.1) is 0 Å². The van der Waals surface area contributed by atoms with Gasteiger partial charge in [0, 0.05) is 0 Å². The van der Waals surface area contributed by atoms with E-state index in [1.165, 1.54) is 25.1 Å². The number of halogens is 2. The highest BCUT2D eigenvalue weighted by molar-refractivity contribution is 7.91. The maximum absolute atomic E-state index is 13.9. The molecule has 1 aromatic carbocycles. The van der Waals surface area contributed by atoms with Crippen LogP contribution in [0.15, 0.2) is 53.7 Å². The van der Waals surface area contributed by atoms with Crippen molar-refractivity contribution in [1.29, 1.82) is 0 Å². The molecule has 0 aliphatic heterocycles. The molecule has 8 nitrogen and oxygen atoms in total. The van der Waals surface area contributed by atoms with Crippen LogP contribution in [0.3, 0.4) is 0 Å². The third kappa shape index (κ3) is 4.51. The quantitative estimate of drug-likeness (QED) is 0.594. The molecule has 0 aliphatic rings. The number of carbonyl (C=O) groups is 1. The van der Waals surface area contributed by atoms with E-state index in [1.807, 2.05) is 0 Å². The Morgan fingerprint density at radius 1 is 1.07 bits per heavy atom. The van der Waals surface area contributed by atoms with Crippen molar-refractivity contribution in [3.63, 3.8) is 0 Å². The lowest BCUT2D eigenvalue weighted by atomic mass is 10.3. The van der Waals surface area contributed by atoms with Gasteiger partial charge in [-0.1, -0.05) is 13.0 Å². The number of ether oxygens (including phenoxy) is 2. The van der Waals surface area contributed by atoms with Gasteiger partial charge in [-0.05, 0) is 36.4 Å². The van der Waals surface area contributed by atoms with Crippen LogP contribution in [0.1, 0.15) is 17.4 Å². The van der Waals surface area contributed by atoms with E-state index in [9.17, 15) is 22.0 Å². The normalized spacial score (nSPS) is 11.2. The van der Waals surface area contributed by atoms with Crippen molar-refractivity contribution < 1.29 is 36.6 Å². The number of aromatic nitrogens is 2. The van der Waals surface area contributed by atoms with E-state index >= 15 is 0 Å². The SMILES string of the molecule is CCS(=O)(=O)c1ccc(Oc2ccc(C(=O)O)nc2Oc2c(F)cccc2F)cn1. The first kappa shape index (κ1) is 21.1. The maximum Gasteiger partial charge on any atom is 0.354 e. The number of rotatable bonds is 7. The first-order valence-corrected chi connectivity index (χ1v) is 10.1. The topological polar surface area (TPSA) is 116 Å². The molecule has 0 saturated carbocycles. The number of pyridine rings is 2. The summed E-state index contributed by atoms with van der Waals surface area (Å²) in [5, 5.41) is 8.97. The third-order valence-corrected chi connectivity index (χ3v) is 5.44. The molecule has 0 fully saturated rings. The number of carboxylic acids is 1. The van der Waals surface area contributed by atoms with E-state index in [4.69, 9.17) is 14.6 Å². The molecule has 156 valence electrons. The fourth-order valence-corrected chi connectivity index (χ4v) is 3.04. The Bertz CT molecular complexity index is 1180. The van der Waals surface area contributed by atoms with E-state index < -0.39 is 44.8 Å². The molecule has 11 heteroatoms. The molecule has 0 aliphatic carbocycles. The Morgan fingerprint density at radius 3 is 2.33 bits per heavy atom. The van der Waals surface area contributed by atoms with Crippen LogP contribution in [0.2, 0.25) is 0 Å². The first-order valence-electron chi connectivity index (χ1n) is 8.44. The molecule has 3 rings (SSSR count). The smallest absolute Gasteiger partial charge is 0.354 e. The maximum atomic E-state index is 13.9. The number of sulfone groups is 1. The summed E-state index contributed by atoms with van der Waals surface area (Å²) in [5.74, 6) is -4.99. The highest BCUT2D eigenvalue weighted by atomic mass is 32.2. The number of hydrogen-bond acceptors (Lipinski definition) is 7. The molecular formula is C19H14F2N2O6S. The van der Waals surface area contributed by atoms with Crippen LogP contribution in [0, 0.1) is 11.6 Å². The van der Waals surface area contributed by atoms with Gasteiger partial charge in [0.1, 0.15) is 5.75 Å². The summed E-state index contributed by atoms with van der Waals surface area (Å²) in [6.45, 7) is 1.47. The molecule has 0 radical (unpaired) electrons. The van der Waals surface area contributed by atoms with E-state index in [0.29, 0.717) is 0 Å². The predicted molar refractivity (Wildman–Crippen MR) is 99.7 cm³/mol. The fourth-order valence-electron chi connectivity index (χ4n) is 2.26. The molecule has 2 heterocycles. The van der Waals surface area contributed by atoms with Crippen LogP contribution in [0.5, 0.6) is 23.1 Å². The van der Waals surface area contributed by atoms with E-state index in [0.717, 1.165) is 30.5 Å². The van der Waals surface area contributed by atoms with Gasteiger partial charge < -0.3 is 14.6 Å². The lowest BCUT2D eigenvalue weighted by Crippen LogP contribution is -2.06. The van der Waals surface area contributed by atoms with Crippen LogP contribution in [0.25, 0.3) is 0 Å². The highest BCUT2D eigenvalue weighted by Gasteiger charge is 2.19.